The molecule has 1 unspecified atom stereocenters. The molecule has 5 nitrogen and oxygen atoms in total. The molecule has 21 heavy (non-hydrogen) atoms. The summed E-state index contributed by atoms with van der Waals surface area (Å²) in [7, 11) is 0. The normalized spacial score (nSPS) is 17.3. The van der Waals surface area contributed by atoms with Crippen LogP contribution in [0.4, 0.5) is 0 Å². The highest BCUT2D eigenvalue weighted by Crippen LogP contribution is 2.19. The Kier molecular flexibility index (Phi) is 3.41. The minimum Gasteiger partial charge on any atom is -0.466 e. The number of furan rings is 1. The number of fused-ring (bicyclic) bond motifs is 1. The van der Waals surface area contributed by atoms with E-state index >= 15 is 0 Å². The summed E-state index contributed by atoms with van der Waals surface area (Å²) in [6.45, 7) is 3.62. The number of aromatic nitrogens is 1. The molecule has 5 heteroatoms. The highest BCUT2D eigenvalue weighted by molar-refractivity contribution is 5.95. The molecular weight excluding hydrogens is 268 g/mol. The van der Waals surface area contributed by atoms with Crippen molar-refractivity contribution in [1.29, 1.82) is 0 Å². The number of aryl methyl sites for hydroxylation is 3. The lowest BCUT2D eigenvalue weighted by atomic mass is 9.91. The van der Waals surface area contributed by atoms with Crippen molar-refractivity contribution in [3.8, 4) is 0 Å². The smallest absolute Gasteiger partial charge is 0.255 e. The maximum Gasteiger partial charge on any atom is 0.255 e. The number of pyridine rings is 1. The fraction of sp³-hybridized carbons (Fsp3) is 0.375. The number of rotatable bonds is 2. The van der Waals surface area contributed by atoms with E-state index in [1.807, 2.05) is 13.0 Å². The molecule has 1 amide bonds. The Balaban J connectivity index is 1.72. The first-order valence-corrected chi connectivity index (χ1v) is 7.12. The minimum absolute atomic E-state index is 0.0688. The first-order chi connectivity index (χ1) is 10.0. The van der Waals surface area contributed by atoms with Crippen LogP contribution in [-0.2, 0) is 12.8 Å². The predicted octanol–water partition coefficient (Wildman–Crippen LogP) is 1.87. The molecule has 3 rings (SSSR count). The van der Waals surface area contributed by atoms with Gasteiger partial charge in [0.1, 0.15) is 11.5 Å². The summed E-state index contributed by atoms with van der Waals surface area (Å²) in [5.74, 6) is 1.29. The van der Waals surface area contributed by atoms with E-state index in [0.717, 1.165) is 36.3 Å². The topological polar surface area (TPSA) is 75.1 Å². The number of hydrogen-bond acceptors (Lipinski definition) is 3. The first-order valence-electron chi connectivity index (χ1n) is 7.12. The van der Waals surface area contributed by atoms with Gasteiger partial charge in [-0.05, 0) is 44.7 Å². The zero-order valence-corrected chi connectivity index (χ0v) is 12.2. The zero-order valence-electron chi connectivity index (χ0n) is 12.2. The average Bonchev–Trinajstić information content (AvgIpc) is 2.78. The quantitative estimate of drug-likeness (QED) is 0.885. The second-order valence-corrected chi connectivity index (χ2v) is 5.57. The van der Waals surface area contributed by atoms with Crippen molar-refractivity contribution in [2.45, 2.75) is 39.2 Å². The number of H-pyrrole nitrogens is 1. The predicted molar refractivity (Wildman–Crippen MR) is 78.5 cm³/mol. The lowest BCUT2D eigenvalue weighted by Crippen LogP contribution is -2.39. The fourth-order valence-electron chi connectivity index (χ4n) is 2.89. The van der Waals surface area contributed by atoms with Gasteiger partial charge in [0, 0.05) is 17.8 Å². The van der Waals surface area contributed by atoms with Crippen LogP contribution in [0.5, 0.6) is 0 Å². The number of hydrogen-bond donors (Lipinski definition) is 2. The van der Waals surface area contributed by atoms with Gasteiger partial charge >= 0.3 is 0 Å². The standard InChI is InChI=1S/C16H18N2O3/c1-9-7-13(10(2)21-9)16(20)17-12-4-5-14-11(8-12)3-6-15(19)18-14/h3,6-7,12H,4-5,8H2,1-2H3,(H,17,20)(H,18,19). The van der Waals surface area contributed by atoms with Crippen LogP contribution in [-0.4, -0.2) is 16.9 Å². The first kappa shape index (κ1) is 13.7. The van der Waals surface area contributed by atoms with E-state index in [1.165, 1.54) is 6.07 Å². The van der Waals surface area contributed by atoms with Crippen molar-refractivity contribution in [2.75, 3.05) is 0 Å². The van der Waals surface area contributed by atoms with E-state index in [9.17, 15) is 9.59 Å². The Morgan fingerprint density at radius 1 is 1.38 bits per heavy atom. The molecule has 0 bridgehead atoms. The number of nitrogens with one attached hydrogen (secondary N) is 2. The Labute approximate surface area is 122 Å². The SMILES string of the molecule is Cc1cc(C(=O)NC2CCc3[nH]c(=O)ccc3C2)c(C)o1. The third-order valence-corrected chi connectivity index (χ3v) is 3.93. The van der Waals surface area contributed by atoms with Gasteiger partial charge in [0.15, 0.2) is 0 Å². The van der Waals surface area contributed by atoms with Gasteiger partial charge in [-0.25, -0.2) is 0 Å². The van der Waals surface area contributed by atoms with Crippen molar-refractivity contribution < 1.29 is 9.21 Å². The highest BCUT2D eigenvalue weighted by Gasteiger charge is 2.22. The van der Waals surface area contributed by atoms with Crippen molar-refractivity contribution in [2.24, 2.45) is 0 Å². The van der Waals surface area contributed by atoms with Gasteiger partial charge in [-0.3, -0.25) is 9.59 Å². The molecule has 0 saturated heterocycles. The summed E-state index contributed by atoms with van der Waals surface area (Å²) >= 11 is 0. The Bertz CT molecular complexity index is 742. The largest absolute Gasteiger partial charge is 0.466 e. The second-order valence-electron chi connectivity index (χ2n) is 5.57. The van der Waals surface area contributed by atoms with Crippen molar-refractivity contribution in [3.05, 3.63) is 56.9 Å². The van der Waals surface area contributed by atoms with Crippen molar-refractivity contribution >= 4 is 5.91 Å². The van der Waals surface area contributed by atoms with Crippen LogP contribution < -0.4 is 10.9 Å². The Morgan fingerprint density at radius 3 is 2.90 bits per heavy atom. The van der Waals surface area contributed by atoms with Gasteiger partial charge in [0.25, 0.3) is 5.91 Å². The maximum atomic E-state index is 12.3. The molecule has 1 atom stereocenters. The van der Waals surface area contributed by atoms with Gasteiger partial charge in [0.2, 0.25) is 5.56 Å². The van der Waals surface area contributed by atoms with Gasteiger partial charge in [0.05, 0.1) is 5.56 Å². The number of carbonyl (C=O) groups is 1. The molecule has 2 N–H and O–H groups in total. The van der Waals surface area contributed by atoms with Crippen LogP contribution in [0.2, 0.25) is 0 Å². The zero-order chi connectivity index (χ0) is 15.0. The summed E-state index contributed by atoms with van der Waals surface area (Å²) in [5, 5.41) is 3.05. The molecule has 0 radical (unpaired) electrons. The molecular formula is C16H18N2O3. The van der Waals surface area contributed by atoms with Crippen LogP contribution in [0.3, 0.4) is 0 Å². The van der Waals surface area contributed by atoms with Crippen molar-refractivity contribution in [3.63, 3.8) is 0 Å². The summed E-state index contributed by atoms with van der Waals surface area (Å²) in [4.78, 5) is 26.4. The second kappa shape index (κ2) is 5.24. The highest BCUT2D eigenvalue weighted by atomic mass is 16.3. The number of carbonyl (C=O) groups excluding carboxylic acids is 1. The van der Waals surface area contributed by atoms with E-state index in [0.29, 0.717) is 11.3 Å². The van der Waals surface area contributed by atoms with Gasteiger partial charge < -0.3 is 14.7 Å². The molecule has 2 aromatic rings. The molecule has 0 aromatic carbocycles. The fourth-order valence-corrected chi connectivity index (χ4v) is 2.89. The van der Waals surface area contributed by atoms with E-state index in [1.54, 1.807) is 13.0 Å². The molecule has 0 saturated carbocycles. The summed E-state index contributed by atoms with van der Waals surface area (Å²) in [6, 6.07) is 5.23. The molecule has 0 aliphatic heterocycles. The molecule has 1 aliphatic rings. The summed E-state index contributed by atoms with van der Waals surface area (Å²) in [5.41, 5.74) is 2.62. The van der Waals surface area contributed by atoms with Gasteiger partial charge in [-0.2, -0.15) is 0 Å². The van der Waals surface area contributed by atoms with Crippen LogP contribution in [0, 0.1) is 13.8 Å². The van der Waals surface area contributed by atoms with Gasteiger partial charge in [-0.15, -0.1) is 0 Å². The van der Waals surface area contributed by atoms with Crippen LogP contribution in [0.1, 0.15) is 39.6 Å². The van der Waals surface area contributed by atoms with Crippen molar-refractivity contribution in [1.82, 2.24) is 10.3 Å². The minimum atomic E-state index is -0.0952. The summed E-state index contributed by atoms with van der Waals surface area (Å²) in [6.07, 6.45) is 2.35. The number of amides is 1. The molecule has 1 aliphatic carbocycles. The van der Waals surface area contributed by atoms with E-state index in [2.05, 4.69) is 10.3 Å². The Morgan fingerprint density at radius 2 is 2.19 bits per heavy atom. The lowest BCUT2D eigenvalue weighted by molar-refractivity contribution is 0.0932. The van der Waals surface area contributed by atoms with E-state index < -0.39 is 0 Å². The number of aromatic amines is 1. The average molecular weight is 286 g/mol. The molecule has 2 heterocycles. The molecule has 110 valence electrons. The van der Waals surface area contributed by atoms with Gasteiger partial charge in [-0.1, -0.05) is 6.07 Å². The Hall–Kier alpha value is -2.30. The van der Waals surface area contributed by atoms with Crippen LogP contribution in [0.15, 0.2) is 27.4 Å². The lowest BCUT2D eigenvalue weighted by Gasteiger charge is -2.25. The molecule has 2 aromatic heterocycles. The third-order valence-electron chi connectivity index (χ3n) is 3.93. The van der Waals surface area contributed by atoms with Crippen LogP contribution >= 0.6 is 0 Å². The van der Waals surface area contributed by atoms with Crippen LogP contribution in [0.25, 0.3) is 0 Å². The third kappa shape index (κ3) is 2.77. The molecule has 0 fully saturated rings. The monoisotopic (exact) mass is 286 g/mol. The van der Waals surface area contributed by atoms with E-state index in [-0.39, 0.29) is 17.5 Å². The van der Waals surface area contributed by atoms with E-state index in [4.69, 9.17) is 4.42 Å². The molecule has 0 spiro atoms. The summed E-state index contributed by atoms with van der Waals surface area (Å²) < 4.78 is 5.39. The maximum absolute atomic E-state index is 12.3.